The molecule has 1 nitrogen and oxygen atoms in total. The van der Waals surface area contributed by atoms with E-state index in [4.69, 9.17) is 0 Å². The maximum atomic E-state index is 13.5. The van der Waals surface area contributed by atoms with Gasteiger partial charge in [-0.25, -0.2) is 4.39 Å². The summed E-state index contributed by atoms with van der Waals surface area (Å²) in [5.74, 6) is -0.339. The van der Waals surface area contributed by atoms with Gasteiger partial charge in [0.15, 0.2) is 0 Å². The highest BCUT2D eigenvalue weighted by atomic mass is 79.9. The van der Waals surface area contributed by atoms with Crippen LogP contribution in [0.1, 0.15) is 31.1 Å². The van der Waals surface area contributed by atoms with Gasteiger partial charge in [-0.1, -0.05) is 29.8 Å². The van der Waals surface area contributed by atoms with Crippen LogP contribution in [0.3, 0.4) is 0 Å². The third kappa shape index (κ3) is 2.34. The van der Waals surface area contributed by atoms with Crippen LogP contribution in [0.25, 0.3) is 0 Å². The molecule has 1 aromatic carbocycles. The fraction of sp³-hybridized carbons (Fsp3) is 0.455. The Balaban J connectivity index is 3.15. The van der Waals surface area contributed by atoms with Crippen LogP contribution in [0.5, 0.6) is 0 Å². The van der Waals surface area contributed by atoms with Crippen molar-refractivity contribution < 1.29 is 9.50 Å². The zero-order valence-electron chi connectivity index (χ0n) is 8.51. The topological polar surface area (TPSA) is 20.2 Å². The Hall–Kier alpha value is -0.410. The lowest BCUT2D eigenvalue weighted by molar-refractivity contribution is 0.123. The molecule has 1 unspecified atom stereocenters. The van der Waals surface area contributed by atoms with Crippen LogP contribution < -0.4 is 0 Å². The number of hydrogen-bond donors (Lipinski definition) is 1. The van der Waals surface area contributed by atoms with Gasteiger partial charge in [0.05, 0.1) is 6.10 Å². The van der Waals surface area contributed by atoms with Crippen LogP contribution in [0.15, 0.2) is 16.6 Å². The number of benzene rings is 1. The minimum atomic E-state index is -0.734. The first-order chi connectivity index (χ1) is 6.43. The predicted octanol–water partition coefficient (Wildman–Crippen LogP) is 3.59. The second kappa shape index (κ2) is 4.41. The van der Waals surface area contributed by atoms with Crippen LogP contribution in [0.2, 0.25) is 0 Å². The molecule has 0 heterocycles. The molecule has 3 heteroatoms. The number of halogens is 2. The van der Waals surface area contributed by atoms with Gasteiger partial charge in [0.1, 0.15) is 5.82 Å². The fourth-order valence-corrected chi connectivity index (χ4v) is 1.58. The summed E-state index contributed by atoms with van der Waals surface area (Å²) in [6, 6.07) is 3.08. The zero-order chi connectivity index (χ0) is 10.9. The number of aryl methyl sites for hydroxylation is 1. The molecule has 0 aliphatic rings. The summed E-state index contributed by atoms with van der Waals surface area (Å²) in [5.41, 5.74) is 1.31. The van der Waals surface area contributed by atoms with E-state index in [1.54, 1.807) is 6.07 Å². The third-order valence-electron chi connectivity index (χ3n) is 2.23. The highest BCUT2D eigenvalue weighted by Gasteiger charge is 2.17. The summed E-state index contributed by atoms with van der Waals surface area (Å²) < 4.78 is 14.2. The smallest absolute Gasteiger partial charge is 0.130 e. The Labute approximate surface area is 92.1 Å². The quantitative estimate of drug-likeness (QED) is 0.862. The summed E-state index contributed by atoms with van der Waals surface area (Å²) in [6.45, 7) is 5.60. The van der Waals surface area contributed by atoms with Crippen molar-refractivity contribution in [2.24, 2.45) is 5.92 Å². The molecule has 1 N–H and O–H groups in total. The zero-order valence-corrected chi connectivity index (χ0v) is 10.1. The maximum absolute atomic E-state index is 13.5. The van der Waals surface area contributed by atoms with E-state index in [1.165, 1.54) is 6.07 Å². The molecule has 0 spiro atoms. The van der Waals surface area contributed by atoms with Crippen LogP contribution in [0.4, 0.5) is 4.39 Å². The first-order valence-electron chi connectivity index (χ1n) is 4.57. The lowest BCUT2D eigenvalue weighted by Crippen LogP contribution is -2.08. The lowest BCUT2D eigenvalue weighted by Gasteiger charge is -2.16. The molecule has 0 amide bonds. The fourth-order valence-electron chi connectivity index (χ4n) is 1.27. The van der Waals surface area contributed by atoms with Crippen molar-refractivity contribution in [3.05, 3.63) is 33.5 Å². The van der Waals surface area contributed by atoms with Crippen LogP contribution in [0, 0.1) is 18.7 Å². The molecule has 0 bridgehead atoms. The second-order valence-electron chi connectivity index (χ2n) is 3.81. The van der Waals surface area contributed by atoms with Crippen LogP contribution in [-0.4, -0.2) is 5.11 Å². The molecular formula is C11H14BrFO. The molecule has 0 radical (unpaired) electrons. The first-order valence-corrected chi connectivity index (χ1v) is 5.36. The van der Waals surface area contributed by atoms with Gasteiger partial charge in [0, 0.05) is 10.0 Å². The van der Waals surface area contributed by atoms with Crippen molar-refractivity contribution in [1.82, 2.24) is 0 Å². The van der Waals surface area contributed by atoms with Gasteiger partial charge in [-0.15, -0.1) is 0 Å². The average molecular weight is 261 g/mol. The average Bonchev–Trinajstić information content (AvgIpc) is 2.10. The normalized spacial score (nSPS) is 13.4. The molecule has 78 valence electrons. The van der Waals surface area contributed by atoms with E-state index in [0.717, 1.165) is 10.0 Å². The van der Waals surface area contributed by atoms with E-state index in [1.807, 2.05) is 20.8 Å². The van der Waals surface area contributed by atoms with Gasteiger partial charge in [-0.2, -0.15) is 0 Å². The minimum Gasteiger partial charge on any atom is -0.388 e. The molecular weight excluding hydrogens is 247 g/mol. The van der Waals surface area contributed by atoms with Crippen molar-refractivity contribution in [3.8, 4) is 0 Å². The highest BCUT2D eigenvalue weighted by Crippen LogP contribution is 2.28. The van der Waals surface area contributed by atoms with E-state index in [9.17, 15) is 9.50 Å². The van der Waals surface area contributed by atoms with Gasteiger partial charge >= 0.3 is 0 Å². The molecule has 0 aromatic heterocycles. The molecule has 0 saturated carbocycles. The van der Waals surface area contributed by atoms with Crippen molar-refractivity contribution in [2.45, 2.75) is 26.9 Å². The van der Waals surface area contributed by atoms with E-state index in [2.05, 4.69) is 15.9 Å². The number of aliphatic hydroxyl groups excluding tert-OH is 1. The van der Waals surface area contributed by atoms with Crippen molar-refractivity contribution in [3.63, 3.8) is 0 Å². The van der Waals surface area contributed by atoms with E-state index in [-0.39, 0.29) is 11.7 Å². The molecule has 0 fully saturated rings. The van der Waals surface area contributed by atoms with E-state index >= 15 is 0 Å². The summed E-state index contributed by atoms with van der Waals surface area (Å²) in [4.78, 5) is 0. The monoisotopic (exact) mass is 260 g/mol. The van der Waals surface area contributed by atoms with Crippen LogP contribution in [-0.2, 0) is 0 Å². The summed E-state index contributed by atoms with van der Waals surface area (Å²) >= 11 is 3.24. The highest BCUT2D eigenvalue weighted by molar-refractivity contribution is 9.10. The summed E-state index contributed by atoms with van der Waals surface area (Å²) in [5, 5.41) is 9.74. The Morgan fingerprint density at radius 3 is 2.43 bits per heavy atom. The number of hydrogen-bond acceptors (Lipinski definition) is 1. The Kier molecular flexibility index (Phi) is 3.67. The van der Waals surface area contributed by atoms with Gasteiger partial charge < -0.3 is 5.11 Å². The predicted molar refractivity (Wildman–Crippen MR) is 58.6 cm³/mol. The van der Waals surface area contributed by atoms with Crippen molar-refractivity contribution in [1.29, 1.82) is 0 Å². The Morgan fingerprint density at radius 1 is 1.36 bits per heavy atom. The van der Waals surface area contributed by atoms with E-state index < -0.39 is 6.10 Å². The molecule has 0 aliphatic carbocycles. The lowest BCUT2D eigenvalue weighted by atomic mass is 9.97. The van der Waals surface area contributed by atoms with Gasteiger partial charge in [0.25, 0.3) is 0 Å². The van der Waals surface area contributed by atoms with Gasteiger partial charge in [-0.3, -0.25) is 0 Å². The van der Waals surface area contributed by atoms with Gasteiger partial charge in [-0.05, 0) is 30.5 Å². The first kappa shape index (κ1) is 11.7. The molecule has 14 heavy (non-hydrogen) atoms. The molecule has 1 rings (SSSR count). The third-order valence-corrected chi connectivity index (χ3v) is 3.08. The molecule has 1 atom stereocenters. The molecule has 0 saturated heterocycles. The number of aliphatic hydroxyl groups is 1. The SMILES string of the molecule is Cc1cc(C(O)C(C)C)c(F)cc1Br. The van der Waals surface area contributed by atoms with Crippen LogP contribution >= 0.6 is 15.9 Å². The largest absolute Gasteiger partial charge is 0.388 e. The van der Waals surface area contributed by atoms with E-state index in [0.29, 0.717) is 5.56 Å². The van der Waals surface area contributed by atoms with Crippen molar-refractivity contribution in [2.75, 3.05) is 0 Å². The number of rotatable bonds is 2. The Morgan fingerprint density at radius 2 is 1.93 bits per heavy atom. The van der Waals surface area contributed by atoms with Crippen molar-refractivity contribution >= 4 is 15.9 Å². The molecule has 0 aliphatic heterocycles. The van der Waals surface area contributed by atoms with Gasteiger partial charge in [0.2, 0.25) is 0 Å². The standard InChI is InChI=1S/C11H14BrFO/c1-6(2)11(14)8-4-7(3)9(12)5-10(8)13/h4-6,11,14H,1-3H3. The summed E-state index contributed by atoms with van der Waals surface area (Å²) in [7, 11) is 0. The summed E-state index contributed by atoms with van der Waals surface area (Å²) in [6.07, 6.45) is -0.734. The maximum Gasteiger partial charge on any atom is 0.130 e. The minimum absolute atomic E-state index is 0.0186. The second-order valence-corrected chi connectivity index (χ2v) is 4.67. The molecule has 1 aromatic rings. The Bertz CT molecular complexity index is 336.